The van der Waals surface area contributed by atoms with Crippen LogP contribution in [0.5, 0.6) is 0 Å². The van der Waals surface area contributed by atoms with Gasteiger partial charge in [0.25, 0.3) is 10.1 Å². The minimum Gasteiger partial charge on any atom is -0.398 e. The van der Waals surface area contributed by atoms with Gasteiger partial charge in [0.1, 0.15) is 4.90 Å². The zero-order valence-electron chi connectivity index (χ0n) is 7.89. The number of hydrogen-bond acceptors (Lipinski definition) is 4. The summed E-state index contributed by atoms with van der Waals surface area (Å²) < 4.78 is 30.3. The standard InChI is InChI=1S/C8H10N2O4S/c1-5(11)10-6-2-3-8(7(9)4-6)15(12,13)14/h2-4H,9H2,1H3,(H,10,11)(H,12,13,14). The average molecular weight is 230 g/mol. The highest BCUT2D eigenvalue weighted by Gasteiger charge is 2.13. The minimum atomic E-state index is -4.32. The number of carbonyl (C=O) groups excluding carboxylic acids is 1. The molecular weight excluding hydrogens is 220 g/mol. The van der Waals surface area contributed by atoms with Crippen LogP contribution in [0, 0.1) is 0 Å². The monoisotopic (exact) mass is 230 g/mol. The molecule has 0 bridgehead atoms. The van der Waals surface area contributed by atoms with Gasteiger partial charge in [-0.3, -0.25) is 9.35 Å². The number of anilines is 2. The second kappa shape index (κ2) is 3.87. The Balaban J connectivity index is 3.15. The van der Waals surface area contributed by atoms with E-state index in [0.29, 0.717) is 5.69 Å². The van der Waals surface area contributed by atoms with E-state index in [9.17, 15) is 13.2 Å². The van der Waals surface area contributed by atoms with Crippen LogP contribution in [0.1, 0.15) is 6.92 Å². The Hall–Kier alpha value is -1.60. The Kier molecular flexibility index (Phi) is 2.96. The SMILES string of the molecule is CC(=O)Nc1ccc(S(=O)(=O)O)c(N)c1. The summed E-state index contributed by atoms with van der Waals surface area (Å²) in [5.41, 5.74) is 5.64. The minimum absolute atomic E-state index is 0.122. The molecule has 0 atom stereocenters. The Morgan fingerprint density at radius 2 is 2.07 bits per heavy atom. The Labute approximate surface area is 86.8 Å². The molecule has 0 aromatic heterocycles. The molecule has 82 valence electrons. The normalized spacial score (nSPS) is 11.1. The Bertz CT molecular complexity index is 495. The van der Waals surface area contributed by atoms with Gasteiger partial charge in [-0.1, -0.05) is 0 Å². The van der Waals surface area contributed by atoms with Gasteiger partial charge in [-0.2, -0.15) is 8.42 Å². The first-order valence-electron chi connectivity index (χ1n) is 3.95. The van der Waals surface area contributed by atoms with E-state index in [0.717, 1.165) is 6.07 Å². The fourth-order valence-corrected chi connectivity index (χ4v) is 1.66. The van der Waals surface area contributed by atoms with Crippen molar-refractivity contribution in [3.05, 3.63) is 18.2 Å². The largest absolute Gasteiger partial charge is 0.398 e. The zero-order chi connectivity index (χ0) is 11.6. The van der Waals surface area contributed by atoms with Gasteiger partial charge < -0.3 is 11.1 Å². The summed E-state index contributed by atoms with van der Waals surface area (Å²) in [6.45, 7) is 1.31. The first-order valence-corrected chi connectivity index (χ1v) is 5.39. The van der Waals surface area contributed by atoms with Gasteiger partial charge in [-0.25, -0.2) is 0 Å². The molecular formula is C8H10N2O4S. The second-order valence-corrected chi connectivity index (χ2v) is 4.30. The summed E-state index contributed by atoms with van der Waals surface area (Å²) in [5.74, 6) is -0.297. The van der Waals surface area contributed by atoms with Gasteiger partial charge in [0, 0.05) is 12.6 Å². The number of nitrogens with two attached hydrogens (primary N) is 1. The van der Waals surface area contributed by atoms with Crippen molar-refractivity contribution in [3.8, 4) is 0 Å². The van der Waals surface area contributed by atoms with Crippen LogP contribution in [-0.4, -0.2) is 18.9 Å². The van der Waals surface area contributed by atoms with Crippen LogP contribution in [0.15, 0.2) is 23.1 Å². The predicted octanol–water partition coefficient (Wildman–Crippen LogP) is 0.474. The van der Waals surface area contributed by atoms with Crippen molar-refractivity contribution in [1.29, 1.82) is 0 Å². The molecule has 0 saturated carbocycles. The summed E-state index contributed by atoms with van der Waals surface area (Å²) in [5, 5.41) is 2.43. The third-order valence-corrected chi connectivity index (χ3v) is 2.54. The quantitative estimate of drug-likeness (QED) is 0.505. The summed E-state index contributed by atoms with van der Waals surface area (Å²) in [4.78, 5) is 10.3. The van der Waals surface area contributed by atoms with E-state index >= 15 is 0 Å². The van der Waals surface area contributed by atoms with E-state index in [-0.39, 0.29) is 16.5 Å². The van der Waals surface area contributed by atoms with Crippen LogP contribution in [0.4, 0.5) is 11.4 Å². The molecule has 7 heteroatoms. The molecule has 0 aliphatic rings. The molecule has 1 aromatic rings. The molecule has 0 spiro atoms. The molecule has 1 amide bonds. The smallest absolute Gasteiger partial charge is 0.296 e. The number of nitrogen functional groups attached to an aromatic ring is 1. The van der Waals surface area contributed by atoms with Crippen molar-refractivity contribution in [2.24, 2.45) is 0 Å². The maximum atomic E-state index is 10.8. The van der Waals surface area contributed by atoms with E-state index in [1.54, 1.807) is 0 Å². The Morgan fingerprint density at radius 1 is 1.47 bits per heavy atom. The van der Waals surface area contributed by atoms with Crippen molar-refractivity contribution in [1.82, 2.24) is 0 Å². The van der Waals surface area contributed by atoms with E-state index in [1.807, 2.05) is 0 Å². The second-order valence-electron chi connectivity index (χ2n) is 2.91. The zero-order valence-corrected chi connectivity index (χ0v) is 8.71. The molecule has 15 heavy (non-hydrogen) atoms. The number of carbonyl (C=O) groups is 1. The van der Waals surface area contributed by atoms with Crippen LogP contribution < -0.4 is 11.1 Å². The van der Waals surface area contributed by atoms with Crippen molar-refractivity contribution in [2.45, 2.75) is 11.8 Å². The third kappa shape index (κ3) is 2.93. The van der Waals surface area contributed by atoms with Gasteiger partial charge in [0.05, 0.1) is 5.69 Å². The van der Waals surface area contributed by atoms with Crippen LogP contribution in [0.3, 0.4) is 0 Å². The number of amides is 1. The van der Waals surface area contributed by atoms with E-state index < -0.39 is 10.1 Å². The molecule has 1 aromatic carbocycles. The lowest BCUT2D eigenvalue weighted by Gasteiger charge is -2.06. The number of rotatable bonds is 2. The van der Waals surface area contributed by atoms with Gasteiger partial charge in [-0.15, -0.1) is 0 Å². The lowest BCUT2D eigenvalue weighted by Crippen LogP contribution is -2.08. The molecule has 0 aliphatic carbocycles. The van der Waals surface area contributed by atoms with Gasteiger partial charge in [0.2, 0.25) is 5.91 Å². The van der Waals surface area contributed by atoms with E-state index in [1.165, 1.54) is 19.1 Å². The predicted molar refractivity (Wildman–Crippen MR) is 55.0 cm³/mol. The molecule has 6 nitrogen and oxygen atoms in total. The molecule has 1 rings (SSSR count). The molecule has 0 heterocycles. The number of benzene rings is 1. The first-order chi connectivity index (χ1) is 6.80. The third-order valence-electron chi connectivity index (χ3n) is 1.61. The van der Waals surface area contributed by atoms with E-state index in [4.69, 9.17) is 10.3 Å². The van der Waals surface area contributed by atoms with Crippen LogP contribution in [-0.2, 0) is 14.9 Å². The van der Waals surface area contributed by atoms with Gasteiger partial charge >= 0.3 is 0 Å². The summed E-state index contributed by atoms with van der Waals surface area (Å²) in [7, 11) is -4.32. The molecule has 0 radical (unpaired) electrons. The van der Waals surface area contributed by atoms with Crippen LogP contribution >= 0.6 is 0 Å². The number of nitrogens with one attached hydrogen (secondary N) is 1. The van der Waals surface area contributed by atoms with Crippen molar-refractivity contribution >= 4 is 27.4 Å². The highest BCUT2D eigenvalue weighted by Crippen LogP contribution is 2.21. The topological polar surface area (TPSA) is 109 Å². The van der Waals surface area contributed by atoms with Gasteiger partial charge in [0.15, 0.2) is 0 Å². The van der Waals surface area contributed by atoms with Crippen molar-refractivity contribution < 1.29 is 17.8 Å². The highest BCUT2D eigenvalue weighted by atomic mass is 32.2. The average Bonchev–Trinajstić information content (AvgIpc) is 1.99. The van der Waals surface area contributed by atoms with Crippen LogP contribution in [0.2, 0.25) is 0 Å². The Morgan fingerprint density at radius 3 is 2.47 bits per heavy atom. The van der Waals surface area contributed by atoms with Crippen molar-refractivity contribution in [2.75, 3.05) is 11.1 Å². The maximum absolute atomic E-state index is 10.8. The fraction of sp³-hybridized carbons (Fsp3) is 0.125. The highest BCUT2D eigenvalue weighted by molar-refractivity contribution is 7.86. The molecule has 0 fully saturated rings. The number of hydrogen-bond donors (Lipinski definition) is 3. The molecule has 0 aliphatic heterocycles. The summed E-state index contributed by atoms with van der Waals surface area (Å²) in [6, 6.07) is 3.71. The maximum Gasteiger partial charge on any atom is 0.296 e. The van der Waals surface area contributed by atoms with E-state index in [2.05, 4.69) is 5.32 Å². The first kappa shape index (κ1) is 11.5. The molecule has 0 unspecified atom stereocenters. The van der Waals surface area contributed by atoms with Gasteiger partial charge in [-0.05, 0) is 18.2 Å². The lowest BCUT2D eigenvalue weighted by molar-refractivity contribution is -0.114. The molecule has 0 saturated heterocycles. The summed E-state index contributed by atoms with van der Waals surface area (Å²) >= 11 is 0. The van der Waals surface area contributed by atoms with Crippen molar-refractivity contribution in [3.63, 3.8) is 0 Å². The fourth-order valence-electron chi connectivity index (χ4n) is 1.06. The summed E-state index contributed by atoms with van der Waals surface area (Å²) in [6.07, 6.45) is 0. The van der Waals surface area contributed by atoms with Crippen LogP contribution in [0.25, 0.3) is 0 Å². The lowest BCUT2D eigenvalue weighted by atomic mass is 10.3. The molecule has 4 N–H and O–H groups in total.